The summed E-state index contributed by atoms with van der Waals surface area (Å²) in [5.74, 6) is -0.112. The maximum absolute atomic E-state index is 11.7. The van der Waals surface area contributed by atoms with E-state index < -0.39 is 5.97 Å². The first-order chi connectivity index (χ1) is 8.16. The molecule has 1 aliphatic carbocycles. The molecule has 4 nitrogen and oxygen atoms in total. The minimum Gasteiger partial charge on any atom is -0.507 e. The van der Waals surface area contributed by atoms with Gasteiger partial charge in [-0.3, -0.25) is 0 Å². The van der Waals surface area contributed by atoms with Gasteiger partial charge in [-0.15, -0.1) is 0 Å². The Morgan fingerprint density at radius 1 is 1.41 bits per heavy atom. The van der Waals surface area contributed by atoms with Crippen LogP contribution < -0.4 is 5.73 Å². The van der Waals surface area contributed by atoms with Gasteiger partial charge in [-0.25, -0.2) is 4.79 Å². The Labute approximate surface area is 100 Å². The Bertz CT molecular complexity index is 411. The largest absolute Gasteiger partial charge is 0.507 e. The Kier molecular flexibility index (Phi) is 3.52. The number of nitrogen functional groups attached to an aromatic ring is 1. The lowest BCUT2D eigenvalue weighted by Gasteiger charge is -2.10. The normalized spacial score (nSPS) is 16.0. The Morgan fingerprint density at radius 2 is 2.12 bits per heavy atom. The van der Waals surface area contributed by atoms with E-state index in [1.54, 1.807) is 6.07 Å². The summed E-state index contributed by atoms with van der Waals surface area (Å²) in [7, 11) is 0. The van der Waals surface area contributed by atoms with Gasteiger partial charge in [0.25, 0.3) is 0 Å². The van der Waals surface area contributed by atoms with Crippen LogP contribution in [0.1, 0.15) is 36.0 Å². The van der Waals surface area contributed by atoms with Crippen molar-refractivity contribution in [1.82, 2.24) is 0 Å². The molecule has 1 aliphatic rings. The van der Waals surface area contributed by atoms with Gasteiger partial charge in [0, 0.05) is 5.69 Å². The van der Waals surface area contributed by atoms with Gasteiger partial charge in [0.1, 0.15) is 11.3 Å². The van der Waals surface area contributed by atoms with Crippen molar-refractivity contribution < 1.29 is 14.6 Å². The minimum atomic E-state index is -0.498. The molecule has 3 N–H and O–H groups in total. The number of hydrogen-bond acceptors (Lipinski definition) is 4. The van der Waals surface area contributed by atoms with Crippen LogP contribution in [0.5, 0.6) is 5.75 Å². The van der Waals surface area contributed by atoms with Crippen molar-refractivity contribution in [1.29, 1.82) is 0 Å². The first kappa shape index (κ1) is 11.8. The molecule has 1 aromatic carbocycles. The van der Waals surface area contributed by atoms with Crippen LogP contribution in [-0.2, 0) is 4.74 Å². The number of rotatable bonds is 3. The molecule has 92 valence electrons. The molecule has 1 saturated carbocycles. The standard InChI is InChI=1S/C13H17NO3/c14-10-5-6-12(15)11(7-10)13(16)17-8-9-3-1-2-4-9/h5-7,9,15H,1-4,8,14H2. The number of ether oxygens (including phenoxy) is 1. The third-order valence-corrected chi connectivity index (χ3v) is 3.17. The Morgan fingerprint density at radius 3 is 2.82 bits per heavy atom. The maximum atomic E-state index is 11.7. The third kappa shape index (κ3) is 2.90. The fourth-order valence-electron chi connectivity index (χ4n) is 2.17. The summed E-state index contributed by atoms with van der Waals surface area (Å²) in [6.07, 6.45) is 4.67. The van der Waals surface area contributed by atoms with Gasteiger partial charge >= 0.3 is 5.97 Å². The van der Waals surface area contributed by atoms with E-state index in [0.717, 1.165) is 12.8 Å². The topological polar surface area (TPSA) is 72.5 Å². The highest BCUT2D eigenvalue weighted by molar-refractivity contribution is 5.93. The number of phenols is 1. The van der Waals surface area contributed by atoms with Crippen molar-refractivity contribution in [3.05, 3.63) is 23.8 Å². The first-order valence-electron chi connectivity index (χ1n) is 5.92. The Hall–Kier alpha value is -1.71. The molecule has 0 unspecified atom stereocenters. The van der Waals surface area contributed by atoms with Crippen LogP contribution in [0.2, 0.25) is 0 Å². The van der Waals surface area contributed by atoms with Gasteiger partial charge in [-0.1, -0.05) is 12.8 Å². The number of phenolic OH excluding ortho intramolecular Hbond substituents is 1. The van der Waals surface area contributed by atoms with E-state index in [9.17, 15) is 9.90 Å². The monoisotopic (exact) mass is 235 g/mol. The van der Waals surface area contributed by atoms with Crippen LogP contribution in [0.3, 0.4) is 0 Å². The van der Waals surface area contributed by atoms with Crippen LogP contribution in [0.4, 0.5) is 5.69 Å². The molecule has 0 saturated heterocycles. The summed E-state index contributed by atoms with van der Waals surface area (Å²) in [6.45, 7) is 0.438. The molecule has 17 heavy (non-hydrogen) atoms. The average molecular weight is 235 g/mol. The van der Waals surface area contributed by atoms with Crippen molar-refractivity contribution in [3.63, 3.8) is 0 Å². The zero-order valence-electron chi connectivity index (χ0n) is 9.69. The van der Waals surface area contributed by atoms with Crippen molar-refractivity contribution >= 4 is 11.7 Å². The molecule has 0 spiro atoms. The van der Waals surface area contributed by atoms with Crippen LogP contribution in [0.15, 0.2) is 18.2 Å². The number of carbonyl (C=O) groups is 1. The molecule has 2 rings (SSSR count). The van der Waals surface area contributed by atoms with Gasteiger partial charge in [-0.2, -0.15) is 0 Å². The van der Waals surface area contributed by atoms with E-state index in [-0.39, 0.29) is 11.3 Å². The zero-order chi connectivity index (χ0) is 12.3. The lowest BCUT2D eigenvalue weighted by Crippen LogP contribution is -2.12. The summed E-state index contributed by atoms with van der Waals surface area (Å²) >= 11 is 0. The molecule has 0 heterocycles. The van der Waals surface area contributed by atoms with Crippen LogP contribution in [-0.4, -0.2) is 17.7 Å². The number of nitrogens with two attached hydrogens (primary N) is 1. The summed E-state index contributed by atoms with van der Waals surface area (Å²) in [5.41, 5.74) is 6.15. The van der Waals surface area contributed by atoms with Gasteiger partial charge in [-0.05, 0) is 37.0 Å². The van der Waals surface area contributed by atoms with Crippen molar-refractivity contribution in [2.75, 3.05) is 12.3 Å². The lowest BCUT2D eigenvalue weighted by atomic mass is 10.1. The summed E-state index contributed by atoms with van der Waals surface area (Å²) < 4.78 is 5.19. The smallest absolute Gasteiger partial charge is 0.341 e. The van der Waals surface area contributed by atoms with Gasteiger partial charge in [0.15, 0.2) is 0 Å². The second kappa shape index (κ2) is 5.08. The average Bonchev–Trinajstić information content (AvgIpc) is 2.82. The van der Waals surface area contributed by atoms with E-state index in [0.29, 0.717) is 18.2 Å². The van der Waals surface area contributed by atoms with E-state index in [1.165, 1.54) is 25.0 Å². The molecule has 0 bridgehead atoms. The fourth-order valence-corrected chi connectivity index (χ4v) is 2.17. The van der Waals surface area contributed by atoms with Crippen LogP contribution in [0.25, 0.3) is 0 Å². The molecular weight excluding hydrogens is 218 g/mol. The van der Waals surface area contributed by atoms with Gasteiger partial charge in [0.2, 0.25) is 0 Å². The van der Waals surface area contributed by atoms with E-state index in [4.69, 9.17) is 10.5 Å². The summed E-state index contributed by atoms with van der Waals surface area (Å²) in [4.78, 5) is 11.7. The van der Waals surface area contributed by atoms with Crippen LogP contribution in [0, 0.1) is 5.92 Å². The number of carbonyl (C=O) groups excluding carboxylic acids is 1. The van der Waals surface area contributed by atoms with Crippen LogP contribution >= 0.6 is 0 Å². The fraction of sp³-hybridized carbons (Fsp3) is 0.462. The molecule has 1 fully saturated rings. The highest BCUT2D eigenvalue weighted by atomic mass is 16.5. The summed E-state index contributed by atoms with van der Waals surface area (Å²) in [6, 6.07) is 4.39. The second-order valence-corrected chi connectivity index (χ2v) is 4.53. The van der Waals surface area contributed by atoms with Crippen molar-refractivity contribution in [3.8, 4) is 5.75 Å². The highest BCUT2D eigenvalue weighted by Crippen LogP contribution is 2.26. The zero-order valence-corrected chi connectivity index (χ0v) is 9.69. The quantitative estimate of drug-likeness (QED) is 0.479. The minimum absolute atomic E-state index is 0.0874. The van der Waals surface area contributed by atoms with Crippen molar-refractivity contribution in [2.24, 2.45) is 5.92 Å². The van der Waals surface area contributed by atoms with Crippen molar-refractivity contribution in [2.45, 2.75) is 25.7 Å². The van der Waals surface area contributed by atoms with Gasteiger partial charge in [0.05, 0.1) is 6.61 Å². The molecule has 0 aromatic heterocycles. The molecule has 0 amide bonds. The molecule has 0 aliphatic heterocycles. The van der Waals surface area contributed by atoms with E-state index in [1.807, 2.05) is 0 Å². The predicted octanol–water partition coefficient (Wildman–Crippen LogP) is 2.32. The number of benzene rings is 1. The SMILES string of the molecule is Nc1ccc(O)c(C(=O)OCC2CCCC2)c1. The first-order valence-corrected chi connectivity index (χ1v) is 5.92. The lowest BCUT2D eigenvalue weighted by molar-refractivity contribution is 0.0439. The summed E-state index contributed by atoms with van der Waals surface area (Å²) in [5, 5.41) is 9.54. The maximum Gasteiger partial charge on any atom is 0.341 e. The molecule has 1 aromatic rings. The second-order valence-electron chi connectivity index (χ2n) is 4.53. The Balaban J connectivity index is 1.96. The number of anilines is 1. The molecule has 4 heteroatoms. The third-order valence-electron chi connectivity index (χ3n) is 3.17. The molecule has 0 radical (unpaired) electrons. The predicted molar refractivity (Wildman–Crippen MR) is 64.8 cm³/mol. The number of aromatic hydroxyl groups is 1. The van der Waals surface area contributed by atoms with E-state index >= 15 is 0 Å². The highest BCUT2D eigenvalue weighted by Gasteiger charge is 2.19. The molecular formula is C13H17NO3. The molecule has 0 atom stereocenters. The van der Waals surface area contributed by atoms with Gasteiger partial charge < -0.3 is 15.6 Å². The number of hydrogen-bond donors (Lipinski definition) is 2. The van der Waals surface area contributed by atoms with E-state index in [2.05, 4.69) is 0 Å². The number of esters is 1.